The molecule has 0 radical (unpaired) electrons. The van der Waals surface area contributed by atoms with Crippen LogP contribution in [0.3, 0.4) is 0 Å². The number of hydrogen-bond acceptors (Lipinski definition) is 20. The molecule has 20 heteroatoms. The number of hydrogen-bond donors (Lipinski definition) is 3. The molecule has 21 atom stereocenters. The molecule has 0 amide bonds. The molecule has 20 nitrogen and oxygen atoms in total. The Bertz CT molecular complexity index is 1870. The maximum absolute atomic E-state index is 14.3. The van der Waals surface area contributed by atoms with Crippen molar-refractivity contribution in [3.8, 4) is 0 Å². The molecular weight excluding hydrogens is 967 g/mol. The van der Waals surface area contributed by atoms with Gasteiger partial charge >= 0.3 is 17.9 Å². The summed E-state index contributed by atoms with van der Waals surface area (Å²) >= 11 is 0. The molecule has 4 aliphatic heterocycles. The molecule has 0 aliphatic carbocycles. The third-order valence-corrected chi connectivity index (χ3v) is 14.7. The second-order valence-corrected chi connectivity index (χ2v) is 21.6. The smallest absolute Gasteiger partial charge is 0.309 e. The van der Waals surface area contributed by atoms with Gasteiger partial charge in [0.2, 0.25) is 0 Å². The molecule has 4 rings (SSSR count). The van der Waals surface area contributed by atoms with Crippen LogP contribution in [-0.2, 0) is 76.1 Å². The number of esters is 3. The van der Waals surface area contributed by atoms with E-state index in [2.05, 4.69) is 0 Å². The van der Waals surface area contributed by atoms with Crippen LogP contribution in [0.15, 0.2) is 23.8 Å². The highest BCUT2D eigenvalue weighted by atomic mass is 16.7. The van der Waals surface area contributed by atoms with Crippen molar-refractivity contribution in [3.63, 3.8) is 0 Å². The average molecular weight is 1060 g/mol. The largest absolute Gasteiger partial charge is 0.462 e. The predicted molar refractivity (Wildman–Crippen MR) is 268 cm³/mol. The fourth-order valence-corrected chi connectivity index (χ4v) is 10.6. The minimum absolute atomic E-state index is 0.0253. The highest BCUT2D eigenvalue weighted by Gasteiger charge is 2.53. The van der Waals surface area contributed by atoms with Crippen LogP contribution in [0.2, 0.25) is 0 Å². The number of aldehydes is 1. The molecule has 4 heterocycles. The van der Waals surface area contributed by atoms with E-state index in [-0.39, 0.29) is 50.4 Å². The molecule has 0 aromatic heterocycles. The van der Waals surface area contributed by atoms with Gasteiger partial charge in [-0.15, -0.1) is 0 Å². The number of allylic oxidation sites excluding steroid dienone is 3. The maximum Gasteiger partial charge on any atom is 0.309 e. The summed E-state index contributed by atoms with van der Waals surface area (Å²) in [5.41, 5.74) is -0.864. The molecular formula is C54H89NO19. The zero-order valence-corrected chi connectivity index (χ0v) is 46.4. The van der Waals surface area contributed by atoms with Crippen molar-refractivity contribution in [2.45, 2.75) is 225 Å². The van der Waals surface area contributed by atoms with Gasteiger partial charge in [-0.2, -0.15) is 0 Å². The number of carbonyl (C=O) groups excluding carboxylic acids is 5. The Morgan fingerprint density at radius 3 is 2.11 bits per heavy atom. The zero-order chi connectivity index (χ0) is 55.4. The van der Waals surface area contributed by atoms with Gasteiger partial charge in [0.25, 0.3) is 0 Å². The van der Waals surface area contributed by atoms with Crippen molar-refractivity contribution < 1.29 is 91.4 Å². The summed E-state index contributed by atoms with van der Waals surface area (Å²) in [5.74, 6) is -4.78. The summed E-state index contributed by atoms with van der Waals surface area (Å²) in [4.78, 5) is 68.4. The van der Waals surface area contributed by atoms with Gasteiger partial charge < -0.3 is 77.1 Å². The highest BCUT2D eigenvalue weighted by molar-refractivity contribution is 5.91. The Morgan fingerprint density at radius 2 is 1.53 bits per heavy atom. The number of ketones is 1. The molecule has 0 unspecified atom stereocenters. The predicted octanol–water partition coefficient (Wildman–Crippen LogP) is 4.39. The second-order valence-electron chi connectivity index (χ2n) is 21.6. The Labute approximate surface area is 438 Å². The van der Waals surface area contributed by atoms with Crippen LogP contribution in [0.4, 0.5) is 0 Å². The minimum Gasteiger partial charge on any atom is -0.462 e. The van der Waals surface area contributed by atoms with Gasteiger partial charge in [-0.25, -0.2) is 0 Å². The Morgan fingerprint density at radius 1 is 0.865 bits per heavy atom. The fraction of sp³-hybridized carbons (Fsp3) is 0.833. The van der Waals surface area contributed by atoms with Crippen LogP contribution in [0, 0.1) is 29.6 Å². The van der Waals surface area contributed by atoms with Gasteiger partial charge in [-0.1, -0.05) is 59.3 Å². The molecule has 0 saturated carbocycles. The van der Waals surface area contributed by atoms with Gasteiger partial charge in [-0.05, 0) is 79.5 Å². The molecule has 0 aromatic carbocycles. The summed E-state index contributed by atoms with van der Waals surface area (Å²) in [6.45, 7) is 19.2. The zero-order valence-electron chi connectivity index (χ0n) is 46.4. The van der Waals surface area contributed by atoms with E-state index in [0.29, 0.717) is 12.0 Å². The van der Waals surface area contributed by atoms with E-state index in [1.165, 1.54) is 20.3 Å². The molecule has 0 spiro atoms. The van der Waals surface area contributed by atoms with Crippen molar-refractivity contribution in [1.29, 1.82) is 0 Å². The van der Waals surface area contributed by atoms with Gasteiger partial charge in [0.1, 0.15) is 54.6 Å². The first-order valence-corrected chi connectivity index (χ1v) is 26.4. The molecule has 3 N–H and O–H groups in total. The molecule has 3 saturated heterocycles. The number of aliphatic hydroxyl groups is 3. The lowest BCUT2D eigenvalue weighted by Gasteiger charge is -2.50. The van der Waals surface area contributed by atoms with Crippen molar-refractivity contribution in [2.75, 3.05) is 34.9 Å². The SMILES string of the molecule is CCC(=O)O[C@@H]1CC(=O)O[C@@H](CC)[C@@H](CO[C@@H]2O[C@@H](C)[C@H](O)[C@@H](OC)[C@@H]2OC)/C=C(C)\C=C/C(=O)[C@H](C)C[C@H](CC=O)[C@H](O[C@H]2O[C@H](C)[C@H](O[C@@H]3C[C@@](C)(O)[C@@H](OC(=O)CC(C)C)[C@@H](C)O3)[C@H](N(C)C)[C@@H]2O)[C@H]1C. The molecule has 3 fully saturated rings. The normalized spacial score (nSPS) is 41.2. The molecule has 0 aromatic rings. The number of rotatable bonds is 18. The van der Waals surface area contributed by atoms with Gasteiger partial charge in [-0.3, -0.25) is 19.2 Å². The molecule has 4 aliphatic rings. The van der Waals surface area contributed by atoms with Crippen LogP contribution in [-0.4, -0.2) is 189 Å². The van der Waals surface area contributed by atoms with E-state index in [4.69, 9.17) is 52.1 Å². The molecule has 0 bridgehead atoms. The number of likely N-dealkylation sites (N-methyl/N-ethyl adjacent to an activating group) is 1. The maximum atomic E-state index is 14.3. The van der Waals surface area contributed by atoms with Crippen LogP contribution in [0.25, 0.3) is 0 Å². The number of ether oxygens (including phenoxy) is 11. The van der Waals surface area contributed by atoms with Crippen LogP contribution >= 0.6 is 0 Å². The van der Waals surface area contributed by atoms with E-state index < -0.39 is 152 Å². The quantitative estimate of drug-likeness (QED) is 0.0978. The van der Waals surface area contributed by atoms with E-state index >= 15 is 0 Å². The van der Waals surface area contributed by atoms with Crippen molar-refractivity contribution >= 4 is 30.0 Å². The Kier molecular flexibility index (Phi) is 24.7. The monoisotopic (exact) mass is 1060 g/mol. The topological polar surface area (TPSA) is 251 Å². The number of aliphatic hydroxyl groups excluding tert-OH is 2. The first-order chi connectivity index (χ1) is 34.8. The lowest BCUT2D eigenvalue weighted by atomic mass is 9.79. The number of carbonyl (C=O) groups is 5. The summed E-state index contributed by atoms with van der Waals surface area (Å²) in [6, 6.07) is -0.810. The molecule has 424 valence electrons. The van der Waals surface area contributed by atoms with Gasteiger partial charge in [0.05, 0.1) is 43.5 Å². The first-order valence-electron chi connectivity index (χ1n) is 26.4. The summed E-state index contributed by atoms with van der Waals surface area (Å²) in [7, 11) is 6.42. The van der Waals surface area contributed by atoms with Crippen LogP contribution in [0.5, 0.6) is 0 Å². The third-order valence-electron chi connectivity index (χ3n) is 14.7. The highest BCUT2D eigenvalue weighted by Crippen LogP contribution is 2.39. The number of methoxy groups -OCH3 is 2. The van der Waals surface area contributed by atoms with Crippen molar-refractivity contribution in [1.82, 2.24) is 4.90 Å². The average Bonchev–Trinajstić information content (AvgIpc) is 3.32. The van der Waals surface area contributed by atoms with Crippen molar-refractivity contribution in [2.24, 2.45) is 29.6 Å². The van der Waals surface area contributed by atoms with Gasteiger partial charge in [0.15, 0.2) is 30.8 Å². The standard InChI is InChI=1S/C54H89NO19/c1-16-38-36(27-66-53-50(65-15)49(64-14)45(61)32(8)68-53)23-29(5)18-19-37(57)30(6)24-35(20-21-56)47(31(7)39(25-42(60)70-38)71-40(58)17-2)74-52-46(62)44(55(12)13)48(33(9)69-52)73-43-26-54(11,63)51(34(10)67-43)72-41(59)22-28(3)4/h18-19,21,23,28,30-36,38-39,43-53,61-63H,16-17,20,22,24-27H2,1-15H3/b19-18-,29-23-/t30-,31+,32+,33-,34-,35+,36-,38+,39-,43-,44-,45+,46+,47-,48+,49-,50+,51+,52-,53-,54-/m1/s1. The van der Waals surface area contributed by atoms with E-state index in [1.54, 1.807) is 80.5 Å². The lowest BCUT2D eigenvalue weighted by molar-refractivity contribution is -0.342. The first kappa shape index (κ1) is 63.3. The summed E-state index contributed by atoms with van der Waals surface area (Å²) < 4.78 is 67.6. The lowest BCUT2D eigenvalue weighted by Crippen LogP contribution is -2.65. The summed E-state index contributed by atoms with van der Waals surface area (Å²) in [6.07, 6.45) is -8.67. The minimum atomic E-state index is -1.53. The number of cyclic esters (lactones) is 1. The van der Waals surface area contributed by atoms with Crippen LogP contribution in [0.1, 0.15) is 121 Å². The Hall–Kier alpha value is -3.25. The second kappa shape index (κ2) is 28.9. The van der Waals surface area contributed by atoms with Gasteiger partial charge in [0, 0.05) is 57.7 Å². The third kappa shape index (κ3) is 16.9. The van der Waals surface area contributed by atoms with Crippen LogP contribution < -0.4 is 0 Å². The van der Waals surface area contributed by atoms with E-state index in [9.17, 15) is 39.3 Å². The molecule has 74 heavy (non-hydrogen) atoms. The van der Waals surface area contributed by atoms with Crippen molar-refractivity contribution in [3.05, 3.63) is 23.8 Å². The Balaban J connectivity index is 1.68. The number of nitrogens with zero attached hydrogens (tertiary/aromatic N) is 1. The van der Waals surface area contributed by atoms with E-state index in [0.717, 1.165) is 6.29 Å². The van der Waals surface area contributed by atoms with E-state index in [1.807, 2.05) is 26.8 Å². The fourth-order valence-electron chi connectivity index (χ4n) is 10.6. The summed E-state index contributed by atoms with van der Waals surface area (Å²) in [5, 5.41) is 34.6.